The van der Waals surface area contributed by atoms with Crippen molar-refractivity contribution >= 4 is 28.6 Å². The standard InChI is InChI=1S/C17H26N2O2S/c1-6-10-22-17(21)19(12(2)3)11-15(20)18-16-13(4)8-7-9-14(16)5/h7-9,12H,6,10-11H2,1-5H3,(H,18,20). The number of aryl methyl sites for hydroxylation is 2. The summed E-state index contributed by atoms with van der Waals surface area (Å²) in [5.74, 6) is 0.622. The van der Waals surface area contributed by atoms with Gasteiger partial charge in [-0.2, -0.15) is 0 Å². The normalized spacial score (nSPS) is 10.6. The summed E-state index contributed by atoms with van der Waals surface area (Å²) in [4.78, 5) is 26.1. The molecule has 1 rings (SSSR count). The van der Waals surface area contributed by atoms with Crippen molar-refractivity contribution in [2.24, 2.45) is 0 Å². The maximum Gasteiger partial charge on any atom is 0.282 e. The molecule has 0 aromatic heterocycles. The fraction of sp³-hybridized carbons (Fsp3) is 0.529. The van der Waals surface area contributed by atoms with Crippen molar-refractivity contribution in [1.29, 1.82) is 0 Å². The maximum absolute atomic E-state index is 12.3. The van der Waals surface area contributed by atoms with Gasteiger partial charge < -0.3 is 10.2 Å². The number of nitrogens with one attached hydrogen (secondary N) is 1. The summed E-state index contributed by atoms with van der Waals surface area (Å²) >= 11 is 1.27. The molecule has 0 aliphatic rings. The lowest BCUT2D eigenvalue weighted by Gasteiger charge is -2.26. The van der Waals surface area contributed by atoms with E-state index < -0.39 is 0 Å². The van der Waals surface area contributed by atoms with E-state index in [-0.39, 0.29) is 23.7 Å². The first-order chi connectivity index (χ1) is 10.4. The van der Waals surface area contributed by atoms with Gasteiger partial charge in [0.15, 0.2) is 0 Å². The largest absolute Gasteiger partial charge is 0.324 e. The molecule has 1 aromatic carbocycles. The Hall–Kier alpha value is -1.49. The Labute approximate surface area is 137 Å². The number of carbonyl (C=O) groups excluding carboxylic acids is 2. The van der Waals surface area contributed by atoms with E-state index in [0.29, 0.717) is 0 Å². The van der Waals surface area contributed by atoms with Gasteiger partial charge in [0.25, 0.3) is 5.24 Å². The van der Waals surface area contributed by atoms with E-state index in [4.69, 9.17) is 0 Å². The molecule has 0 aliphatic carbocycles. The Kier molecular flexibility index (Phi) is 7.45. The molecular formula is C17H26N2O2S. The van der Waals surface area contributed by atoms with Gasteiger partial charge in [-0.1, -0.05) is 36.9 Å². The summed E-state index contributed by atoms with van der Waals surface area (Å²) in [6.45, 7) is 9.90. The highest BCUT2D eigenvalue weighted by Gasteiger charge is 2.20. The lowest BCUT2D eigenvalue weighted by Crippen LogP contribution is -2.40. The zero-order valence-corrected chi connectivity index (χ0v) is 14.9. The van der Waals surface area contributed by atoms with Crippen LogP contribution in [0.3, 0.4) is 0 Å². The molecule has 0 saturated heterocycles. The van der Waals surface area contributed by atoms with Crippen molar-refractivity contribution in [2.75, 3.05) is 17.6 Å². The van der Waals surface area contributed by atoms with Crippen LogP contribution in [0, 0.1) is 13.8 Å². The average molecular weight is 322 g/mol. The van der Waals surface area contributed by atoms with E-state index in [1.807, 2.05) is 52.8 Å². The van der Waals surface area contributed by atoms with Gasteiger partial charge in [0.05, 0.1) is 0 Å². The van der Waals surface area contributed by atoms with E-state index in [9.17, 15) is 9.59 Å². The van der Waals surface area contributed by atoms with Crippen molar-refractivity contribution < 1.29 is 9.59 Å². The van der Waals surface area contributed by atoms with E-state index >= 15 is 0 Å². The number of nitrogens with zero attached hydrogens (tertiary/aromatic N) is 1. The molecule has 5 heteroatoms. The third kappa shape index (κ3) is 5.37. The zero-order chi connectivity index (χ0) is 16.7. The summed E-state index contributed by atoms with van der Waals surface area (Å²) < 4.78 is 0. The molecule has 2 amide bonds. The molecule has 4 nitrogen and oxygen atoms in total. The van der Waals surface area contributed by atoms with Crippen LogP contribution in [0.2, 0.25) is 0 Å². The minimum absolute atomic E-state index is 0.000531. The summed E-state index contributed by atoms with van der Waals surface area (Å²) in [5, 5.41) is 2.90. The number of hydrogen-bond donors (Lipinski definition) is 1. The van der Waals surface area contributed by atoms with Crippen molar-refractivity contribution in [3.63, 3.8) is 0 Å². The fourth-order valence-electron chi connectivity index (χ4n) is 2.08. The van der Waals surface area contributed by atoms with Gasteiger partial charge in [0.2, 0.25) is 5.91 Å². The van der Waals surface area contributed by atoms with Crippen LogP contribution < -0.4 is 5.32 Å². The molecule has 1 aromatic rings. The second kappa shape index (κ2) is 8.83. The lowest BCUT2D eigenvalue weighted by atomic mass is 10.1. The summed E-state index contributed by atoms with van der Waals surface area (Å²) in [5.41, 5.74) is 2.89. The number of carbonyl (C=O) groups is 2. The smallest absolute Gasteiger partial charge is 0.282 e. The van der Waals surface area contributed by atoms with Crippen molar-refractivity contribution in [2.45, 2.75) is 47.1 Å². The molecule has 1 N–H and O–H groups in total. The van der Waals surface area contributed by atoms with Crippen molar-refractivity contribution in [3.8, 4) is 0 Å². The van der Waals surface area contributed by atoms with Crippen LogP contribution in [0.4, 0.5) is 10.5 Å². The van der Waals surface area contributed by atoms with Gasteiger partial charge in [-0.15, -0.1) is 0 Å². The van der Waals surface area contributed by atoms with Gasteiger partial charge in [0, 0.05) is 17.5 Å². The fourth-order valence-corrected chi connectivity index (χ4v) is 2.90. The predicted molar refractivity (Wildman–Crippen MR) is 94.5 cm³/mol. The highest BCUT2D eigenvalue weighted by molar-refractivity contribution is 8.13. The third-order valence-electron chi connectivity index (χ3n) is 3.35. The Balaban J connectivity index is 2.74. The Morgan fingerprint density at radius 2 is 1.82 bits per heavy atom. The number of anilines is 1. The van der Waals surface area contributed by atoms with E-state index in [1.54, 1.807) is 4.90 Å². The van der Waals surface area contributed by atoms with Crippen molar-refractivity contribution in [3.05, 3.63) is 29.3 Å². The highest BCUT2D eigenvalue weighted by atomic mass is 32.2. The lowest BCUT2D eigenvalue weighted by molar-refractivity contribution is -0.117. The molecule has 0 aliphatic heterocycles. The van der Waals surface area contributed by atoms with Crippen LogP contribution in [-0.4, -0.2) is 34.4 Å². The third-order valence-corrected chi connectivity index (χ3v) is 4.44. The van der Waals surface area contributed by atoms with Gasteiger partial charge in [-0.3, -0.25) is 9.59 Å². The molecule has 0 saturated carbocycles. The van der Waals surface area contributed by atoms with Crippen LogP contribution in [0.25, 0.3) is 0 Å². The predicted octanol–water partition coefficient (Wildman–Crippen LogP) is 4.22. The molecule has 0 radical (unpaired) electrons. The summed E-state index contributed by atoms with van der Waals surface area (Å²) in [6, 6.07) is 5.89. The summed E-state index contributed by atoms with van der Waals surface area (Å²) in [6.07, 6.45) is 0.941. The second-order valence-electron chi connectivity index (χ2n) is 5.65. The number of hydrogen-bond acceptors (Lipinski definition) is 3. The van der Waals surface area contributed by atoms with Crippen molar-refractivity contribution in [1.82, 2.24) is 4.90 Å². The molecule has 22 heavy (non-hydrogen) atoms. The van der Waals surface area contributed by atoms with Gasteiger partial charge in [-0.05, 0) is 45.2 Å². The Bertz CT molecular complexity index is 509. The number of rotatable bonds is 6. The molecule has 0 unspecified atom stereocenters. The van der Waals surface area contributed by atoms with Crippen LogP contribution >= 0.6 is 11.8 Å². The van der Waals surface area contributed by atoms with Gasteiger partial charge in [0.1, 0.15) is 6.54 Å². The quantitative estimate of drug-likeness (QED) is 0.853. The van der Waals surface area contributed by atoms with Crippen LogP contribution in [-0.2, 0) is 4.79 Å². The molecule has 0 heterocycles. The minimum Gasteiger partial charge on any atom is -0.324 e. The van der Waals surface area contributed by atoms with Crippen LogP contribution in [0.15, 0.2) is 18.2 Å². The Morgan fingerprint density at radius 1 is 1.23 bits per heavy atom. The molecule has 0 spiro atoms. The Morgan fingerprint density at radius 3 is 2.32 bits per heavy atom. The van der Waals surface area contributed by atoms with Gasteiger partial charge >= 0.3 is 0 Å². The first-order valence-corrected chi connectivity index (χ1v) is 8.64. The van der Waals surface area contributed by atoms with Gasteiger partial charge in [-0.25, -0.2) is 0 Å². The van der Waals surface area contributed by atoms with Crippen LogP contribution in [0.5, 0.6) is 0 Å². The monoisotopic (exact) mass is 322 g/mol. The van der Waals surface area contributed by atoms with Crippen LogP contribution in [0.1, 0.15) is 38.3 Å². The SMILES string of the molecule is CCCSC(=O)N(CC(=O)Nc1c(C)cccc1C)C(C)C. The van der Waals surface area contributed by atoms with E-state index in [0.717, 1.165) is 29.0 Å². The minimum atomic E-state index is -0.156. The molecule has 0 atom stereocenters. The maximum atomic E-state index is 12.3. The molecule has 122 valence electrons. The summed E-state index contributed by atoms with van der Waals surface area (Å²) in [7, 11) is 0. The second-order valence-corrected chi connectivity index (χ2v) is 6.70. The molecule has 0 bridgehead atoms. The first kappa shape index (κ1) is 18.6. The number of para-hydroxylation sites is 1. The zero-order valence-electron chi connectivity index (χ0n) is 14.1. The topological polar surface area (TPSA) is 49.4 Å². The highest BCUT2D eigenvalue weighted by Crippen LogP contribution is 2.20. The number of amides is 2. The molecule has 0 fully saturated rings. The van der Waals surface area contributed by atoms with E-state index in [1.165, 1.54) is 11.8 Å². The molecular weight excluding hydrogens is 296 g/mol. The number of thioether (sulfide) groups is 1. The van der Waals surface area contributed by atoms with E-state index in [2.05, 4.69) is 5.32 Å². The average Bonchev–Trinajstić information content (AvgIpc) is 2.46. The first-order valence-electron chi connectivity index (χ1n) is 7.66. The number of benzene rings is 1.